The normalized spacial score (nSPS) is 18.2. The molecule has 1 heterocycles. The molecule has 5 nitrogen and oxygen atoms in total. The Labute approximate surface area is 109 Å². The van der Waals surface area contributed by atoms with Crippen molar-refractivity contribution in [3.8, 4) is 0 Å². The molecule has 1 aromatic carbocycles. The summed E-state index contributed by atoms with van der Waals surface area (Å²) in [5.74, 6) is 0.936. The molecule has 1 aliphatic heterocycles. The third-order valence-electron chi connectivity index (χ3n) is 2.89. The van der Waals surface area contributed by atoms with E-state index < -0.39 is 7.51 Å². The van der Waals surface area contributed by atoms with E-state index in [0.717, 1.165) is 11.4 Å². The van der Waals surface area contributed by atoms with Gasteiger partial charge in [-0.2, -0.15) is 4.76 Å². The van der Waals surface area contributed by atoms with Gasteiger partial charge in [0.2, 0.25) is 7.51 Å². The monoisotopic (exact) mass is 265 g/mol. The van der Waals surface area contributed by atoms with Crippen LogP contribution < -0.4 is 0 Å². The van der Waals surface area contributed by atoms with Gasteiger partial charge in [-0.05, 0) is 28.2 Å². The molecule has 0 saturated carbocycles. The molecule has 0 bridgehead atoms. The Bertz CT molecular complexity index is 494. The highest BCUT2D eigenvalue weighted by Gasteiger charge is 2.33. The van der Waals surface area contributed by atoms with Crippen LogP contribution in [0.3, 0.4) is 0 Å². The van der Waals surface area contributed by atoms with Crippen LogP contribution in [-0.4, -0.2) is 55.4 Å². The van der Waals surface area contributed by atoms with Crippen molar-refractivity contribution < 1.29 is 0 Å². The molecule has 1 aromatic rings. The molecule has 0 spiro atoms. The number of hydrogen-bond acceptors (Lipinski definition) is 5. The Kier molecular flexibility index (Phi) is 3.57. The van der Waals surface area contributed by atoms with E-state index in [4.69, 9.17) is 9.62 Å². The van der Waals surface area contributed by atoms with E-state index in [1.165, 1.54) is 0 Å². The Hall–Kier alpha value is -1.16. The first-order valence-electron chi connectivity index (χ1n) is 5.84. The number of nitrogens with zero attached hydrogens (tertiary/aromatic N) is 5. The van der Waals surface area contributed by atoms with Crippen molar-refractivity contribution in [2.45, 2.75) is 0 Å². The van der Waals surface area contributed by atoms with Crippen LogP contribution in [0.15, 0.2) is 39.9 Å². The summed E-state index contributed by atoms with van der Waals surface area (Å²) in [6.45, 7) is 0. The quantitative estimate of drug-likeness (QED) is 0.787. The van der Waals surface area contributed by atoms with E-state index in [1.54, 1.807) is 0 Å². The summed E-state index contributed by atoms with van der Waals surface area (Å²) in [7, 11) is 8.12. The van der Waals surface area contributed by atoms with Gasteiger partial charge in [-0.15, -0.1) is 4.85 Å². The average molecular weight is 265 g/mol. The highest BCUT2D eigenvalue weighted by Crippen LogP contribution is 2.58. The minimum absolute atomic E-state index is 0.936. The lowest BCUT2D eigenvalue weighted by Crippen LogP contribution is -2.19. The number of benzene rings is 1. The van der Waals surface area contributed by atoms with Gasteiger partial charge >= 0.3 is 0 Å². The number of hydrogen-bond donors (Lipinski definition) is 0. The van der Waals surface area contributed by atoms with Crippen LogP contribution in [0.2, 0.25) is 0 Å². The Morgan fingerprint density at radius 3 is 2.00 bits per heavy atom. The van der Waals surface area contributed by atoms with Crippen LogP contribution in [0.5, 0.6) is 0 Å². The summed E-state index contributed by atoms with van der Waals surface area (Å²) >= 11 is 0. The Morgan fingerprint density at radius 2 is 1.56 bits per heavy atom. The summed E-state index contributed by atoms with van der Waals surface area (Å²) in [6.07, 6.45) is 0. The highest BCUT2D eigenvalue weighted by atomic mass is 31.2. The molecule has 18 heavy (non-hydrogen) atoms. The zero-order chi connectivity index (χ0) is 13.3. The van der Waals surface area contributed by atoms with Crippen molar-refractivity contribution in [1.82, 2.24) is 14.3 Å². The lowest BCUT2D eigenvalue weighted by Gasteiger charge is -2.29. The molecule has 0 fully saturated rings. The minimum Gasteiger partial charge on any atom is -0.248 e. The Balaban J connectivity index is 2.49. The van der Waals surface area contributed by atoms with Gasteiger partial charge in [0.1, 0.15) is 0 Å². The predicted octanol–water partition coefficient (Wildman–Crippen LogP) is 2.36. The van der Waals surface area contributed by atoms with Crippen molar-refractivity contribution in [2.24, 2.45) is 9.62 Å². The summed E-state index contributed by atoms with van der Waals surface area (Å²) in [5.41, 5.74) is 1.11. The van der Waals surface area contributed by atoms with E-state index in [0.29, 0.717) is 0 Å². The molecule has 0 aliphatic carbocycles. The molecule has 0 saturated heterocycles. The van der Waals surface area contributed by atoms with Gasteiger partial charge < -0.3 is 0 Å². The molecular formula is C12H20N5P. The summed E-state index contributed by atoms with van der Waals surface area (Å²) in [4.78, 5) is 4.77. The fourth-order valence-electron chi connectivity index (χ4n) is 1.96. The van der Waals surface area contributed by atoms with Gasteiger partial charge in [0.25, 0.3) is 0 Å². The fourth-order valence-corrected chi connectivity index (χ4v) is 4.34. The zero-order valence-corrected chi connectivity index (χ0v) is 12.5. The Morgan fingerprint density at radius 1 is 1.00 bits per heavy atom. The fraction of sp³-hybridized carbons (Fsp3) is 0.417. The van der Waals surface area contributed by atoms with Gasteiger partial charge in [-0.3, -0.25) is 0 Å². The standard InChI is InChI=1S/C12H20N5P/c1-15(2)18(16(3)4)13-12(17(5)14-18)11-9-7-6-8-10-11/h6-10H,1-5H3. The second-order valence-electron chi connectivity index (χ2n) is 4.63. The minimum atomic E-state index is -1.96. The first kappa shape index (κ1) is 13.3. The van der Waals surface area contributed by atoms with Gasteiger partial charge in [0.15, 0.2) is 5.84 Å². The van der Waals surface area contributed by atoms with E-state index in [2.05, 4.69) is 21.5 Å². The van der Waals surface area contributed by atoms with Crippen LogP contribution >= 0.6 is 7.51 Å². The molecule has 0 N–H and O–H groups in total. The van der Waals surface area contributed by atoms with Crippen molar-refractivity contribution in [2.75, 3.05) is 35.2 Å². The first-order valence-corrected chi connectivity index (χ1v) is 7.44. The van der Waals surface area contributed by atoms with Crippen molar-refractivity contribution >= 4 is 13.3 Å². The molecule has 0 radical (unpaired) electrons. The lowest BCUT2D eigenvalue weighted by molar-refractivity contribution is 0.520. The van der Waals surface area contributed by atoms with Crippen molar-refractivity contribution in [3.63, 3.8) is 0 Å². The van der Waals surface area contributed by atoms with Crippen molar-refractivity contribution in [1.29, 1.82) is 0 Å². The average Bonchev–Trinajstić information content (AvgIpc) is 2.70. The van der Waals surface area contributed by atoms with Crippen LogP contribution in [0.4, 0.5) is 0 Å². The molecule has 0 aromatic heterocycles. The van der Waals surface area contributed by atoms with Crippen LogP contribution in [-0.2, 0) is 0 Å². The zero-order valence-electron chi connectivity index (χ0n) is 11.6. The maximum absolute atomic E-state index is 4.91. The second kappa shape index (κ2) is 4.84. The van der Waals surface area contributed by atoms with Crippen LogP contribution in [0.1, 0.15) is 5.56 Å². The largest absolute Gasteiger partial charge is 0.248 e. The smallest absolute Gasteiger partial charge is 0.234 e. The molecule has 2 rings (SSSR count). The molecule has 0 unspecified atom stereocenters. The number of amidine groups is 1. The van der Waals surface area contributed by atoms with Gasteiger partial charge in [0.05, 0.1) is 0 Å². The van der Waals surface area contributed by atoms with E-state index in [9.17, 15) is 0 Å². The summed E-state index contributed by atoms with van der Waals surface area (Å²) < 4.78 is 9.13. The lowest BCUT2D eigenvalue weighted by atomic mass is 10.2. The molecular weight excluding hydrogens is 245 g/mol. The third-order valence-corrected chi connectivity index (χ3v) is 6.01. The second-order valence-corrected chi connectivity index (χ2v) is 7.69. The summed E-state index contributed by atoms with van der Waals surface area (Å²) in [6, 6.07) is 10.2. The predicted molar refractivity (Wildman–Crippen MR) is 77.5 cm³/mol. The van der Waals surface area contributed by atoms with Crippen LogP contribution in [0.25, 0.3) is 0 Å². The molecule has 1 aliphatic rings. The maximum Gasteiger partial charge on any atom is 0.234 e. The molecule has 0 atom stereocenters. The van der Waals surface area contributed by atoms with Crippen molar-refractivity contribution in [3.05, 3.63) is 35.9 Å². The number of rotatable bonds is 3. The maximum atomic E-state index is 4.91. The summed E-state index contributed by atoms with van der Waals surface area (Å²) in [5, 5.41) is 1.89. The van der Waals surface area contributed by atoms with Gasteiger partial charge in [-0.1, -0.05) is 30.3 Å². The van der Waals surface area contributed by atoms with E-state index in [1.807, 2.05) is 58.4 Å². The van der Waals surface area contributed by atoms with Crippen LogP contribution in [0, 0.1) is 0 Å². The molecule has 6 heteroatoms. The van der Waals surface area contributed by atoms with E-state index >= 15 is 0 Å². The van der Waals surface area contributed by atoms with E-state index in [-0.39, 0.29) is 0 Å². The topological polar surface area (TPSA) is 34.4 Å². The van der Waals surface area contributed by atoms with Gasteiger partial charge in [-0.25, -0.2) is 14.3 Å². The highest BCUT2D eigenvalue weighted by molar-refractivity contribution is 7.60. The first-order chi connectivity index (χ1) is 8.47. The van der Waals surface area contributed by atoms with Gasteiger partial charge in [0, 0.05) is 12.6 Å². The molecule has 0 amide bonds. The third kappa shape index (κ3) is 2.09. The molecule has 98 valence electrons. The SMILES string of the molecule is CN1N=P(N(C)C)(N(C)C)N=C1c1ccccc1.